The summed E-state index contributed by atoms with van der Waals surface area (Å²) < 4.78 is 0. The molecule has 1 amide bonds. The predicted octanol–water partition coefficient (Wildman–Crippen LogP) is 3.28. The van der Waals surface area contributed by atoms with Crippen molar-refractivity contribution in [3.63, 3.8) is 0 Å². The summed E-state index contributed by atoms with van der Waals surface area (Å²) >= 11 is 1.79. The van der Waals surface area contributed by atoms with E-state index in [0.29, 0.717) is 0 Å². The molecule has 1 aliphatic carbocycles. The predicted molar refractivity (Wildman–Crippen MR) is 88.3 cm³/mol. The van der Waals surface area contributed by atoms with E-state index in [4.69, 9.17) is 0 Å². The fourth-order valence-electron chi connectivity index (χ4n) is 2.52. The number of carbonyl (C=O) groups excluding carboxylic acids is 1. The number of nitrogens with zero attached hydrogens (tertiary/aromatic N) is 1. The average molecular weight is 300 g/mol. The van der Waals surface area contributed by atoms with Gasteiger partial charge in [0.2, 0.25) is 0 Å². The first kappa shape index (κ1) is 14.1. The maximum absolute atomic E-state index is 12.3. The van der Waals surface area contributed by atoms with E-state index in [0.717, 1.165) is 17.8 Å². The molecule has 0 aliphatic heterocycles. The maximum atomic E-state index is 12.3. The van der Waals surface area contributed by atoms with E-state index in [2.05, 4.69) is 22.8 Å². The molecule has 1 aliphatic rings. The number of hydrogen-bond donors (Lipinski definition) is 1. The second-order valence-electron chi connectivity index (χ2n) is 5.89. The number of thiophene rings is 1. The van der Waals surface area contributed by atoms with Gasteiger partial charge in [0.1, 0.15) is 0 Å². The highest BCUT2D eigenvalue weighted by molar-refractivity contribution is 7.10. The van der Waals surface area contributed by atoms with E-state index in [-0.39, 0.29) is 11.3 Å². The van der Waals surface area contributed by atoms with Crippen molar-refractivity contribution in [2.45, 2.75) is 18.3 Å². The van der Waals surface area contributed by atoms with Crippen molar-refractivity contribution in [1.29, 1.82) is 0 Å². The van der Waals surface area contributed by atoms with E-state index in [1.807, 2.05) is 43.3 Å². The topological polar surface area (TPSA) is 32.3 Å². The van der Waals surface area contributed by atoms with Crippen LogP contribution in [0.1, 0.15) is 28.1 Å². The van der Waals surface area contributed by atoms with E-state index < -0.39 is 0 Å². The third-order valence-electron chi connectivity index (χ3n) is 4.11. The first-order chi connectivity index (χ1) is 10.1. The van der Waals surface area contributed by atoms with E-state index in [1.54, 1.807) is 11.3 Å². The van der Waals surface area contributed by atoms with Crippen LogP contribution in [0, 0.1) is 0 Å². The van der Waals surface area contributed by atoms with Crippen LogP contribution in [0.2, 0.25) is 0 Å². The first-order valence-corrected chi connectivity index (χ1v) is 8.08. The van der Waals surface area contributed by atoms with Crippen molar-refractivity contribution >= 4 is 22.9 Å². The van der Waals surface area contributed by atoms with Crippen molar-refractivity contribution in [1.82, 2.24) is 5.32 Å². The molecule has 3 rings (SSSR count). The Balaban J connectivity index is 1.66. The lowest BCUT2D eigenvalue weighted by Crippen LogP contribution is -2.31. The Morgan fingerprint density at radius 3 is 2.71 bits per heavy atom. The number of carbonyl (C=O) groups is 1. The van der Waals surface area contributed by atoms with Crippen LogP contribution in [0.4, 0.5) is 5.69 Å². The van der Waals surface area contributed by atoms with Gasteiger partial charge in [0.05, 0.1) is 0 Å². The molecule has 21 heavy (non-hydrogen) atoms. The number of benzene rings is 1. The van der Waals surface area contributed by atoms with Crippen LogP contribution in [0.15, 0.2) is 41.8 Å². The molecule has 1 fully saturated rings. The fourth-order valence-corrected chi connectivity index (χ4v) is 3.51. The fraction of sp³-hybridized carbons (Fsp3) is 0.353. The third kappa shape index (κ3) is 2.95. The van der Waals surface area contributed by atoms with Crippen LogP contribution < -0.4 is 10.2 Å². The standard InChI is InChI=1S/C17H20N2OS/c1-19(2)14-6-3-5-13(11-14)16(20)18-12-17(8-9-17)15-7-4-10-21-15/h3-7,10-11H,8-9,12H2,1-2H3,(H,18,20). The Hall–Kier alpha value is -1.81. The second-order valence-corrected chi connectivity index (χ2v) is 6.83. The summed E-state index contributed by atoms with van der Waals surface area (Å²) in [6, 6.07) is 12.0. The van der Waals surface area contributed by atoms with Gasteiger partial charge in [0.15, 0.2) is 0 Å². The molecule has 0 saturated heterocycles. The molecule has 3 nitrogen and oxygen atoms in total. The van der Waals surface area contributed by atoms with Crippen molar-refractivity contribution in [3.05, 3.63) is 52.2 Å². The molecule has 4 heteroatoms. The van der Waals surface area contributed by atoms with Gasteiger partial charge in [-0.15, -0.1) is 11.3 Å². The van der Waals surface area contributed by atoms with Gasteiger partial charge in [0.25, 0.3) is 5.91 Å². The first-order valence-electron chi connectivity index (χ1n) is 7.20. The number of nitrogens with one attached hydrogen (secondary N) is 1. The van der Waals surface area contributed by atoms with Crippen LogP contribution in [-0.2, 0) is 5.41 Å². The molecule has 0 radical (unpaired) electrons. The molecular weight excluding hydrogens is 280 g/mol. The number of hydrogen-bond acceptors (Lipinski definition) is 3. The third-order valence-corrected chi connectivity index (χ3v) is 5.23. The number of amides is 1. The van der Waals surface area contributed by atoms with Crippen LogP contribution in [0.25, 0.3) is 0 Å². The van der Waals surface area contributed by atoms with E-state index >= 15 is 0 Å². The zero-order chi connectivity index (χ0) is 14.9. The molecule has 1 N–H and O–H groups in total. The Bertz CT molecular complexity index is 630. The molecule has 2 aromatic rings. The molecule has 0 bridgehead atoms. The lowest BCUT2D eigenvalue weighted by Gasteiger charge is -2.16. The van der Waals surface area contributed by atoms with Crippen molar-refractivity contribution in [2.24, 2.45) is 0 Å². The van der Waals surface area contributed by atoms with Crippen molar-refractivity contribution in [2.75, 3.05) is 25.5 Å². The summed E-state index contributed by atoms with van der Waals surface area (Å²) in [7, 11) is 3.96. The quantitative estimate of drug-likeness (QED) is 0.919. The molecule has 0 spiro atoms. The smallest absolute Gasteiger partial charge is 0.251 e. The van der Waals surface area contributed by atoms with Gasteiger partial charge in [-0.1, -0.05) is 12.1 Å². The molecule has 1 heterocycles. The van der Waals surface area contributed by atoms with E-state index in [9.17, 15) is 4.79 Å². The highest BCUT2D eigenvalue weighted by Gasteiger charge is 2.45. The van der Waals surface area contributed by atoms with Crippen LogP contribution >= 0.6 is 11.3 Å². The van der Waals surface area contributed by atoms with Crippen LogP contribution in [0.3, 0.4) is 0 Å². The zero-order valence-electron chi connectivity index (χ0n) is 12.4. The Morgan fingerprint density at radius 1 is 1.29 bits per heavy atom. The van der Waals surface area contributed by atoms with Crippen LogP contribution in [-0.4, -0.2) is 26.5 Å². The molecule has 110 valence electrons. The highest BCUT2D eigenvalue weighted by Crippen LogP contribution is 2.49. The molecule has 1 aromatic heterocycles. The largest absolute Gasteiger partial charge is 0.378 e. The summed E-state index contributed by atoms with van der Waals surface area (Å²) in [6.45, 7) is 0.735. The minimum atomic E-state index is 0.0153. The lowest BCUT2D eigenvalue weighted by molar-refractivity contribution is 0.0950. The monoisotopic (exact) mass is 300 g/mol. The van der Waals surface area contributed by atoms with E-state index in [1.165, 1.54) is 17.7 Å². The maximum Gasteiger partial charge on any atom is 0.251 e. The summed E-state index contributed by atoms with van der Waals surface area (Å²) in [4.78, 5) is 15.7. The van der Waals surface area contributed by atoms with Crippen molar-refractivity contribution in [3.8, 4) is 0 Å². The molecule has 0 atom stereocenters. The van der Waals surface area contributed by atoms with Crippen LogP contribution in [0.5, 0.6) is 0 Å². The minimum absolute atomic E-state index is 0.0153. The summed E-state index contributed by atoms with van der Waals surface area (Å²) in [5.74, 6) is 0.0153. The Kier molecular flexibility index (Phi) is 3.72. The van der Waals surface area contributed by atoms with Gasteiger partial charge < -0.3 is 10.2 Å². The highest BCUT2D eigenvalue weighted by atomic mass is 32.1. The number of anilines is 1. The lowest BCUT2D eigenvalue weighted by atomic mass is 10.1. The average Bonchev–Trinajstić information content (AvgIpc) is 3.08. The molecular formula is C17H20N2OS. The number of rotatable bonds is 5. The van der Waals surface area contributed by atoms with Gasteiger partial charge >= 0.3 is 0 Å². The van der Waals surface area contributed by atoms with Gasteiger partial charge in [0, 0.05) is 42.2 Å². The SMILES string of the molecule is CN(C)c1cccc(C(=O)NCC2(c3cccs3)CC2)c1. The van der Waals surface area contributed by atoms with Gasteiger partial charge in [-0.3, -0.25) is 4.79 Å². The van der Waals surface area contributed by atoms with Gasteiger partial charge in [-0.05, 0) is 42.5 Å². The summed E-state index contributed by atoms with van der Waals surface area (Å²) in [5, 5.41) is 5.21. The summed E-state index contributed by atoms with van der Waals surface area (Å²) in [5.41, 5.74) is 1.97. The van der Waals surface area contributed by atoms with Gasteiger partial charge in [-0.25, -0.2) is 0 Å². The molecule has 0 unspecified atom stereocenters. The zero-order valence-corrected chi connectivity index (χ0v) is 13.2. The van der Waals surface area contributed by atoms with Gasteiger partial charge in [-0.2, -0.15) is 0 Å². The Labute approximate surface area is 129 Å². The minimum Gasteiger partial charge on any atom is -0.378 e. The van der Waals surface area contributed by atoms with Crippen molar-refractivity contribution < 1.29 is 4.79 Å². The summed E-state index contributed by atoms with van der Waals surface area (Å²) in [6.07, 6.45) is 2.34. The molecule has 1 saturated carbocycles. The second kappa shape index (κ2) is 5.53. The molecule has 1 aromatic carbocycles. The normalized spacial score (nSPS) is 15.5. The Morgan fingerprint density at radius 2 is 2.10 bits per heavy atom.